The summed E-state index contributed by atoms with van der Waals surface area (Å²) in [6, 6.07) is 1.55. The zero-order valence-corrected chi connectivity index (χ0v) is 10.1. The molecule has 1 aromatic rings. The van der Waals surface area contributed by atoms with Crippen molar-refractivity contribution in [1.82, 2.24) is 14.7 Å². The van der Waals surface area contributed by atoms with Gasteiger partial charge in [0, 0.05) is 32.1 Å². The normalized spacial score (nSPS) is 22.5. The van der Waals surface area contributed by atoms with E-state index in [1.807, 2.05) is 17.9 Å². The minimum atomic E-state index is -0.262. The van der Waals surface area contributed by atoms with Gasteiger partial charge in [0.25, 0.3) is 0 Å². The van der Waals surface area contributed by atoms with Gasteiger partial charge < -0.3 is 10.0 Å². The monoisotopic (exact) mass is 237 g/mol. The van der Waals surface area contributed by atoms with E-state index >= 15 is 0 Å². The van der Waals surface area contributed by atoms with Crippen LogP contribution < -0.4 is 0 Å². The minimum Gasteiger partial charge on any atom is -0.396 e. The lowest BCUT2D eigenvalue weighted by Gasteiger charge is -2.33. The lowest BCUT2D eigenvalue weighted by atomic mass is 9.98. The number of carbonyl (C=O) groups is 1. The fourth-order valence-electron chi connectivity index (χ4n) is 2.30. The van der Waals surface area contributed by atoms with E-state index in [1.54, 1.807) is 17.1 Å². The van der Waals surface area contributed by atoms with Gasteiger partial charge in [0.05, 0.1) is 0 Å². The van der Waals surface area contributed by atoms with E-state index in [0.29, 0.717) is 6.54 Å². The molecule has 1 amide bonds. The Balaban J connectivity index is 1.99. The first kappa shape index (κ1) is 12.1. The van der Waals surface area contributed by atoms with Crippen molar-refractivity contribution in [3.05, 3.63) is 18.5 Å². The quantitative estimate of drug-likeness (QED) is 0.840. The molecule has 0 bridgehead atoms. The Morgan fingerprint density at radius 2 is 2.47 bits per heavy atom. The van der Waals surface area contributed by atoms with Crippen LogP contribution in [0.5, 0.6) is 0 Å². The predicted molar refractivity (Wildman–Crippen MR) is 63.3 cm³/mol. The van der Waals surface area contributed by atoms with Gasteiger partial charge in [-0.3, -0.25) is 9.48 Å². The van der Waals surface area contributed by atoms with Gasteiger partial charge in [0.2, 0.25) is 5.91 Å². The molecule has 1 N–H and O–H groups in total. The van der Waals surface area contributed by atoms with Crippen LogP contribution >= 0.6 is 0 Å². The molecule has 0 spiro atoms. The molecule has 0 unspecified atom stereocenters. The van der Waals surface area contributed by atoms with Crippen molar-refractivity contribution >= 4 is 5.91 Å². The van der Waals surface area contributed by atoms with Gasteiger partial charge in [-0.1, -0.05) is 0 Å². The molecule has 0 aromatic carbocycles. The number of aliphatic hydroxyl groups excluding tert-OH is 1. The minimum absolute atomic E-state index is 0.0897. The number of aromatic nitrogens is 2. The number of carbonyl (C=O) groups excluding carboxylic acids is 1. The topological polar surface area (TPSA) is 58.4 Å². The van der Waals surface area contributed by atoms with Gasteiger partial charge in [0.1, 0.15) is 6.04 Å². The third kappa shape index (κ3) is 2.66. The molecule has 0 saturated carbocycles. The van der Waals surface area contributed by atoms with Crippen molar-refractivity contribution in [2.75, 3.05) is 19.7 Å². The van der Waals surface area contributed by atoms with Crippen molar-refractivity contribution in [2.45, 2.75) is 25.8 Å². The Hall–Kier alpha value is -1.36. The van der Waals surface area contributed by atoms with E-state index in [4.69, 9.17) is 5.11 Å². The predicted octanol–water partition coefficient (Wildman–Crippen LogP) is 0.675. The molecule has 5 heteroatoms. The maximum absolute atomic E-state index is 12.2. The highest BCUT2D eigenvalue weighted by molar-refractivity contribution is 5.80. The molecule has 0 radical (unpaired) electrons. The lowest BCUT2D eigenvalue weighted by molar-refractivity contribution is -0.136. The van der Waals surface area contributed by atoms with Gasteiger partial charge in [-0.15, -0.1) is 0 Å². The Bertz CT molecular complexity index is 364. The second kappa shape index (κ2) is 5.31. The molecule has 1 aliphatic rings. The number of amides is 1. The van der Waals surface area contributed by atoms with Crippen LogP contribution in [0, 0.1) is 5.92 Å². The first-order chi connectivity index (χ1) is 8.22. The Morgan fingerprint density at radius 1 is 1.65 bits per heavy atom. The number of rotatable bonds is 3. The Kier molecular flexibility index (Phi) is 3.78. The van der Waals surface area contributed by atoms with Crippen LogP contribution in [0.15, 0.2) is 18.5 Å². The number of aliphatic hydroxyl groups is 1. The average Bonchev–Trinajstić information content (AvgIpc) is 2.91. The summed E-state index contributed by atoms with van der Waals surface area (Å²) in [5.74, 6) is 0.323. The highest BCUT2D eigenvalue weighted by atomic mass is 16.3. The third-order valence-corrected chi connectivity index (χ3v) is 3.37. The first-order valence-electron chi connectivity index (χ1n) is 6.11. The number of piperidine rings is 1. The van der Waals surface area contributed by atoms with Crippen molar-refractivity contribution in [2.24, 2.45) is 5.92 Å². The molecule has 2 heterocycles. The fourth-order valence-corrected chi connectivity index (χ4v) is 2.30. The molecule has 94 valence electrons. The van der Waals surface area contributed by atoms with Gasteiger partial charge in [-0.05, 0) is 31.7 Å². The van der Waals surface area contributed by atoms with Crippen molar-refractivity contribution in [3.63, 3.8) is 0 Å². The van der Waals surface area contributed by atoms with Crippen LogP contribution in [-0.4, -0.2) is 45.4 Å². The number of hydrogen-bond acceptors (Lipinski definition) is 3. The van der Waals surface area contributed by atoms with Crippen molar-refractivity contribution in [3.8, 4) is 0 Å². The third-order valence-electron chi connectivity index (χ3n) is 3.37. The highest BCUT2D eigenvalue weighted by Crippen LogP contribution is 2.19. The average molecular weight is 237 g/mol. The molecule has 0 aliphatic carbocycles. The Morgan fingerprint density at radius 3 is 3.12 bits per heavy atom. The van der Waals surface area contributed by atoms with E-state index in [-0.39, 0.29) is 24.5 Å². The van der Waals surface area contributed by atoms with Crippen LogP contribution in [0.1, 0.15) is 25.8 Å². The van der Waals surface area contributed by atoms with Gasteiger partial charge >= 0.3 is 0 Å². The van der Waals surface area contributed by atoms with Gasteiger partial charge in [0.15, 0.2) is 0 Å². The van der Waals surface area contributed by atoms with Crippen molar-refractivity contribution < 1.29 is 9.90 Å². The molecule has 1 aromatic heterocycles. The number of hydrogen-bond donors (Lipinski definition) is 1. The summed E-state index contributed by atoms with van der Waals surface area (Å²) in [4.78, 5) is 14.1. The number of likely N-dealkylation sites (tertiary alicyclic amines) is 1. The zero-order valence-electron chi connectivity index (χ0n) is 10.1. The molecule has 2 rings (SSSR count). The maximum atomic E-state index is 12.2. The van der Waals surface area contributed by atoms with Crippen LogP contribution in [0.4, 0.5) is 0 Å². The van der Waals surface area contributed by atoms with Crippen LogP contribution in [0.3, 0.4) is 0 Å². The second-order valence-electron chi connectivity index (χ2n) is 4.64. The van der Waals surface area contributed by atoms with Crippen molar-refractivity contribution in [1.29, 1.82) is 0 Å². The standard InChI is InChI=1S/C12H19N3O2/c1-10(15-7-3-5-13-15)12(17)14-6-2-4-11(8-14)9-16/h3,5,7,10-11,16H,2,4,6,8-9H2,1H3/t10-,11+/m0/s1. The van der Waals surface area contributed by atoms with Crippen LogP contribution in [0.2, 0.25) is 0 Å². The second-order valence-corrected chi connectivity index (χ2v) is 4.64. The summed E-state index contributed by atoms with van der Waals surface area (Å²) in [6.07, 6.45) is 5.46. The van der Waals surface area contributed by atoms with E-state index in [2.05, 4.69) is 5.10 Å². The maximum Gasteiger partial charge on any atom is 0.247 e. The molecule has 1 saturated heterocycles. The summed E-state index contributed by atoms with van der Waals surface area (Å²) in [7, 11) is 0. The van der Waals surface area contributed by atoms with Gasteiger partial charge in [-0.2, -0.15) is 5.10 Å². The molecular weight excluding hydrogens is 218 g/mol. The zero-order chi connectivity index (χ0) is 12.3. The summed E-state index contributed by atoms with van der Waals surface area (Å²) in [6.45, 7) is 3.49. The Labute approximate surface area is 101 Å². The van der Waals surface area contributed by atoms with E-state index in [1.165, 1.54) is 0 Å². The summed E-state index contributed by atoms with van der Waals surface area (Å²) in [5.41, 5.74) is 0. The van der Waals surface area contributed by atoms with E-state index in [0.717, 1.165) is 19.4 Å². The first-order valence-corrected chi connectivity index (χ1v) is 6.11. The van der Waals surface area contributed by atoms with E-state index < -0.39 is 0 Å². The molecule has 1 fully saturated rings. The molecule has 1 aliphatic heterocycles. The molecule has 5 nitrogen and oxygen atoms in total. The molecule has 17 heavy (non-hydrogen) atoms. The largest absolute Gasteiger partial charge is 0.396 e. The SMILES string of the molecule is C[C@@H](C(=O)N1CCC[C@@H](CO)C1)n1cccn1. The smallest absolute Gasteiger partial charge is 0.247 e. The summed E-state index contributed by atoms with van der Waals surface area (Å²) < 4.78 is 1.67. The molecular formula is C12H19N3O2. The molecule has 2 atom stereocenters. The van der Waals surface area contributed by atoms with Gasteiger partial charge in [-0.25, -0.2) is 0 Å². The van der Waals surface area contributed by atoms with E-state index in [9.17, 15) is 4.79 Å². The van der Waals surface area contributed by atoms with Crippen LogP contribution in [-0.2, 0) is 4.79 Å². The summed E-state index contributed by atoms with van der Waals surface area (Å²) >= 11 is 0. The summed E-state index contributed by atoms with van der Waals surface area (Å²) in [5, 5.41) is 13.2. The van der Waals surface area contributed by atoms with Crippen LogP contribution in [0.25, 0.3) is 0 Å². The fraction of sp³-hybridized carbons (Fsp3) is 0.667. The lowest BCUT2D eigenvalue weighted by Crippen LogP contribution is -2.43. The highest BCUT2D eigenvalue weighted by Gasteiger charge is 2.27. The number of nitrogens with zero attached hydrogens (tertiary/aromatic N) is 3.